The van der Waals surface area contributed by atoms with Crippen LogP contribution in [-0.4, -0.2) is 30.1 Å². The van der Waals surface area contributed by atoms with Crippen LogP contribution in [0, 0.1) is 5.82 Å². The Morgan fingerprint density at radius 1 is 0.812 bits per heavy atom. The molecule has 32 heavy (non-hydrogen) atoms. The molecule has 0 atom stereocenters. The van der Waals surface area contributed by atoms with E-state index in [0.29, 0.717) is 39.4 Å². The van der Waals surface area contributed by atoms with Gasteiger partial charge in [0, 0.05) is 40.7 Å². The molecular weight excluding hydrogens is 405 g/mol. The van der Waals surface area contributed by atoms with Crippen LogP contribution in [0.15, 0.2) is 73.3 Å². The highest BCUT2D eigenvalue weighted by Gasteiger charge is 2.17. The summed E-state index contributed by atoms with van der Waals surface area (Å²) in [6, 6.07) is 14.4. The van der Waals surface area contributed by atoms with Crippen molar-refractivity contribution in [3.8, 4) is 33.8 Å². The van der Waals surface area contributed by atoms with Crippen molar-refractivity contribution in [2.75, 3.05) is 5.73 Å². The van der Waals surface area contributed by atoms with Crippen molar-refractivity contribution in [1.29, 1.82) is 0 Å². The number of hydrogen-bond acceptors (Lipinski definition) is 5. The standard InChI is InChI=1S/C24H16FN7/c25-19-4-2-1-3-16(19)18-11-28-12-21-22(18)30-24(29-21)23-17-8-13(5-6-20(17)31-32-23)14-7-15(26)10-27-9-14/h1-12H,26H2,(H,29,30)(H,31,32). The number of aromatic amines is 2. The minimum absolute atomic E-state index is 0.322. The van der Waals surface area contributed by atoms with Gasteiger partial charge >= 0.3 is 0 Å². The molecule has 4 aromatic heterocycles. The van der Waals surface area contributed by atoms with E-state index >= 15 is 0 Å². The Morgan fingerprint density at radius 3 is 2.56 bits per heavy atom. The van der Waals surface area contributed by atoms with E-state index in [4.69, 9.17) is 10.7 Å². The molecule has 0 fully saturated rings. The number of rotatable bonds is 3. The Balaban J connectivity index is 1.52. The Kier molecular flexibility index (Phi) is 3.97. The summed E-state index contributed by atoms with van der Waals surface area (Å²) >= 11 is 0. The Bertz CT molecular complexity index is 1620. The Morgan fingerprint density at radius 2 is 1.69 bits per heavy atom. The van der Waals surface area contributed by atoms with Crippen LogP contribution in [0.1, 0.15) is 0 Å². The molecular formula is C24H16FN7. The van der Waals surface area contributed by atoms with Gasteiger partial charge in [0.05, 0.1) is 22.9 Å². The molecule has 0 radical (unpaired) electrons. The first-order valence-corrected chi connectivity index (χ1v) is 9.95. The van der Waals surface area contributed by atoms with Crippen molar-refractivity contribution in [3.05, 3.63) is 79.1 Å². The number of benzene rings is 2. The van der Waals surface area contributed by atoms with E-state index in [1.165, 1.54) is 6.07 Å². The number of hydrogen-bond donors (Lipinski definition) is 3. The van der Waals surface area contributed by atoms with Gasteiger partial charge in [-0.15, -0.1) is 0 Å². The van der Waals surface area contributed by atoms with Gasteiger partial charge in [0.15, 0.2) is 5.82 Å². The molecule has 4 heterocycles. The van der Waals surface area contributed by atoms with Crippen LogP contribution in [-0.2, 0) is 0 Å². The van der Waals surface area contributed by atoms with Crippen LogP contribution >= 0.6 is 0 Å². The summed E-state index contributed by atoms with van der Waals surface area (Å²) in [7, 11) is 0. The summed E-state index contributed by atoms with van der Waals surface area (Å²) < 4.78 is 14.4. The first-order chi connectivity index (χ1) is 15.7. The number of aromatic nitrogens is 6. The molecule has 6 aromatic rings. The summed E-state index contributed by atoms with van der Waals surface area (Å²) in [4.78, 5) is 16.5. The number of nitrogens with one attached hydrogen (secondary N) is 2. The summed E-state index contributed by atoms with van der Waals surface area (Å²) in [5.41, 5.74) is 12.3. The lowest BCUT2D eigenvalue weighted by atomic mass is 10.0. The van der Waals surface area contributed by atoms with Crippen LogP contribution in [0.25, 0.3) is 55.7 Å². The molecule has 0 aliphatic rings. The van der Waals surface area contributed by atoms with Gasteiger partial charge in [-0.1, -0.05) is 24.3 Å². The van der Waals surface area contributed by atoms with Crippen molar-refractivity contribution >= 4 is 27.6 Å². The number of pyridine rings is 2. The second kappa shape index (κ2) is 6.98. The van der Waals surface area contributed by atoms with Gasteiger partial charge in [0.2, 0.25) is 0 Å². The monoisotopic (exact) mass is 421 g/mol. The van der Waals surface area contributed by atoms with E-state index in [2.05, 4.69) is 25.1 Å². The maximum atomic E-state index is 14.4. The van der Waals surface area contributed by atoms with Crippen molar-refractivity contribution in [2.24, 2.45) is 0 Å². The number of nitrogens with two attached hydrogens (primary N) is 1. The number of halogens is 1. The zero-order valence-corrected chi connectivity index (χ0v) is 16.7. The fourth-order valence-corrected chi connectivity index (χ4v) is 3.91. The number of nitrogens with zero attached hydrogens (tertiary/aromatic N) is 4. The molecule has 7 nitrogen and oxygen atoms in total. The van der Waals surface area contributed by atoms with E-state index in [0.717, 1.165) is 22.0 Å². The summed E-state index contributed by atoms with van der Waals surface area (Å²) in [5.74, 6) is 0.247. The van der Waals surface area contributed by atoms with Gasteiger partial charge < -0.3 is 10.7 Å². The highest BCUT2D eigenvalue weighted by molar-refractivity contribution is 5.98. The fraction of sp³-hybridized carbons (Fsp3) is 0. The number of imidazole rings is 1. The first-order valence-electron chi connectivity index (χ1n) is 9.95. The second-order valence-electron chi connectivity index (χ2n) is 7.49. The summed E-state index contributed by atoms with van der Waals surface area (Å²) in [6.45, 7) is 0. The zero-order valence-electron chi connectivity index (χ0n) is 16.7. The quantitative estimate of drug-likeness (QED) is 0.374. The van der Waals surface area contributed by atoms with E-state index in [1.807, 2.05) is 24.3 Å². The molecule has 0 unspecified atom stereocenters. The summed E-state index contributed by atoms with van der Waals surface area (Å²) in [5, 5.41) is 8.42. The van der Waals surface area contributed by atoms with Crippen LogP contribution < -0.4 is 5.73 Å². The van der Waals surface area contributed by atoms with E-state index in [9.17, 15) is 4.39 Å². The average molecular weight is 421 g/mol. The van der Waals surface area contributed by atoms with E-state index < -0.39 is 0 Å². The third-order valence-corrected chi connectivity index (χ3v) is 5.44. The predicted molar refractivity (Wildman–Crippen MR) is 122 cm³/mol. The number of fused-ring (bicyclic) bond motifs is 2. The summed E-state index contributed by atoms with van der Waals surface area (Å²) in [6.07, 6.45) is 6.68. The molecule has 0 amide bonds. The van der Waals surface area contributed by atoms with Crippen molar-refractivity contribution in [1.82, 2.24) is 30.1 Å². The molecule has 0 bridgehead atoms. The van der Waals surface area contributed by atoms with Crippen LogP contribution in [0.5, 0.6) is 0 Å². The van der Waals surface area contributed by atoms with Gasteiger partial charge in [-0.2, -0.15) is 5.10 Å². The normalized spacial score (nSPS) is 11.4. The topological polar surface area (TPSA) is 109 Å². The minimum atomic E-state index is -0.322. The van der Waals surface area contributed by atoms with Crippen molar-refractivity contribution in [3.63, 3.8) is 0 Å². The fourth-order valence-electron chi connectivity index (χ4n) is 3.91. The highest BCUT2D eigenvalue weighted by Crippen LogP contribution is 2.33. The molecule has 0 saturated carbocycles. The molecule has 2 aromatic carbocycles. The smallest absolute Gasteiger partial charge is 0.159 e. The van der Waals surface area contributed by atoms with Crippen LogP contribution in [0.4, 0.5) is 10.1 Å². The molecule has 4 N–H and O–H groups in total. The molecule has 8 heteroatoms. The van der Waals surface area contributed by atoms with Crippen molar-refractivity contribution in [2.45, 2.75) is 0 Å². The maximum absolute atomic E-state index is 14.4. The molecule has 6 rings (SSSR count). The predicted octanol–water partition coefficient (Wildman–Crippen LogP) is 4.95. The third kappa shape index (κ3) is 2.89. The number of anilines is 1. The Hall–Kier alpha value is -4.59. The molecule has 0 aliphatic heterocycles. The Labute approximate surface area is 181 Å². The molecule has 0 saturated heterocycles. The lowest BCUT2D eigenvalue weighted by Gasteiger charge is -2.03. The van der Waals surface area contributed by atoms with Gasteiger partial charge in [0.1, 0.15) is 17.0 Å². The van der Waals surface area contributed by atoms with Gasteiger partial charge in [0.25, 0.3) is 0 Å². The lowest BCUT2D eigenvalue weighted by molar-refractivity contribution is 0.631. The largest absolute Gasteiger partial charge is 0.397 e. The maximum Gasteiger partial charge on any atom is 0.159 e. The van der Waals surface area contributed by atoms with E-state index in [-0.39, 0.29) is 5.82 Å². The van der Waals surface area contributed by atoms with Gasteiger partial charge in [-0.3, -0.25) is 15.1 Å². The molecule has 0 aliphatic carbocycles. The molecule has 0 spiro atoms. The van der Waals surface area contributed by atoms with E-state index in [1.54, 1.807) is 43.0 Å². The van der Waals surface area contributed by atoms with Gasteiger partial charge in [-0.05, 0) is 29.8 Å². The molecule has 154 valence electrons. The number of nitrogen functional groups attached to an aromatic ring is 1. The third-order valence-electron chi connectivity index (χ3n) is 5.44. The second-order valence-corrected chi connectivity index (χ2v) is 7.49. The lowest BCUT2D eigenvalue weighted by Crippen LogP contribution is -1.88. The van der Waals surface area contributed by atoms with Crippen LogP contribution in [0.2, 0.25) is 0 Å². The minimum Gasteiger partial charge on any atom is -0.397 e. The first kappa shape index (κ1) is 18.2. The highest BCUT2D eigenvalue weighted by atomic mass is 19.1. The SMILES string of the molecule is Nc1cncc(-c2ccc3[nH]nc(-c4nc5c(-c6ccccc6F)cncc5[nH]4)c3c2)c1. The van der Waals surface area contributed by atoms with Gasteiger partial charge in [-0.25, -0.2) is 9.37 Å². The number of H-pyrrole nitrogens is 2. The van der Waals surface area contributed by atoms with Crippen LogP contribution in [0.3, 0.4) is 0 Å². The zero-order chi connectivity index (χ0) is 21.7. The van der Waals surface area contributed by atoms with Crippen molar-refractivity contribution < 1.29 is 4.39 Å². The average Bonchev–Trinajstić information content (AvgIpc) is 3.43.